The normalized spacial score (nSPS) is 19.4. The molecule has 0 radical (unpaired) electrons. The lowest BCUT2D eigenvalue weighted by atomic mass is 10.2. The van der Waals surface area contributed by atoms with Crippen LogP contribution in [0.15, 0.2) is 33.3 Å². The Bertz CT molecular complexity index is 722. The zero-order valence-corrected chi connectivity index (χ0v) is 14.3. The molecule has 23 heavy (non-hydrogen) atoms. The molecule has 0 aromatic carbocycles. The smallest absolute Gasteiger partial charge is 0.286 e. The molecule has 2 aromatic rings. The van der Waals surface area contributed by atoms with Gasteiger partial charge in [-0.05, 0) is 46.5 Å². The zero-order chi connectivity index (χ0) is 16.4. The molecule has 0 aliphatic heterocycles. The fourth-order valence-electron chi connectivity index (χ4n) is 2.44. The second-order valence-corrected chi connectivity index (χ2v) is 6.77. The zero-order valence-electron chi connectivity index (χ0n) is 12.7. The Morgan fingerprint density at radius 1 is 1.39 bits per heavy atom. The molecule has 2 heterocycles. The number of furan rings is 1. The molecule has 1 saturated carbocycles. The summed E-state index contributed by atoms with van der Waals surface area (Å²) < 4.78 is 6.52. The van der Waals surface area contributed by atoms with E-state index in [1.165, 1.54) is 6.42 Å². The first-order valence-electron chi connectivity index (χ1n) is 7.54. The standard InChI is InChI=1S/C16H18BrN3O3/c1-9-6-12(9)14-4-2-11(23-14)3-5-15(21)19-20-16(22)13-7-10(17)8-18-13/h2,4,7-9,12,18H,3,5-6H2,1H3,(H,19,21)(H,20,22)/t9-,12+/m1/s1. The van der Waals surface area contributed by atoms with E-state index in [-0.39, 0.29) is 12.3 Å². The Morgan fingerprint density at radius 2 is 2.17 bits per heavy atom. The van der Waals surface area contributed by atoms with Gasteiger partial charge in [-0.2, -0.15) is 0 Å². The number of halogens is 1. The van der Waals surface area contributed by atoms with Crippen LogP contribution in [0.3, 0.4) is 0 Å². The monoisotopic (exact) mass is 379 g/mol. The predicted octanol–water partition coefficient (Wildman–Crippen LogP) is 2.89. The van der Waals surface area contributed by atoms with Crippen LogP contribution in [-0.2, 0) is 11.2 Å². The summed E-state index contributed by atoms with van der Waals surface area (Å²) in [4.78, 5) is 26.3. The number of carbonyl (C=O) groups is 2. The van der Waals surface area contributed by atoms with E-state index in [2.05, 4.69) is 38.7 Å². The van der Waals surface area contributed by atoms with Crippen molar-refractivity contribution in [3.8, 4) is 0 Å². The molecular formula is C16H18BrN3O3. The van der Waals surface area contributed by atoms with Crippen molar-refractivity contribution in [1.29, 1.82) is 0 Å². The lowest BCUT2D eigenvalue weighted by Gasteiger charge is -2.05. The van der Waals surface area contributed by atoms with Crippen molar-refractivity contribution in [1.82, 2.24) is 15.8 Å². The number of amides is 2. The number of aryl methyl sites for hydroxylation is 1. The summed E-state index contributed by atoms with van der Waals surface area (Å²) in [5, 5.41) is 0. The SMILES string of the molecule is C[C@@H]1C[C@@H]1c1ccc(CCC(=O)NNC(=O)c2cc(Br)c[nH]2)o1. The number of rotatable bonds is 5. The molecular weight excluding hydrogens is 362 g/mol. The first-order chi connectivity index (χ1) is 11.0. The molecule has 122 valence electrons. The second-order valence-electron chi connectivity index (χ2n) is 5.86. The van der Waals surface area contributed by atoms with E-state index in [9.17, 15) is 9.59 Å². The van der Waals surface area contributed by atoms with E-state index >= 15 is 0 Å². The van der Waals surface area contributed by atoms with E-state index < -0.39 is 5.91 Å². The number of H-pyrrole nitrogens is 1. The summed E-state index contributed by atoms with van der Waals surface area (Å²) in [6, 6.07) is 5.54. The molecule has 0 spiro atoms. The van der Waals surface area contributed by atoms with Gasteiger partial charge in [-0.25, -0.2) is 0 Å². The van der Waals surface area contributed by atoms with Crippen LogP contribution in [0.4, 0.5) is 0 Å². The van der Waals surface area contributed by atoms with Gasteiger partial charge in [0.25, 0.3) is 5.91 Å². The summed E-state index contributed by atoms with van der Waals surface area (Å²) in [5.74, 6) is 2.39. The van der Waals surface area contributed by atoms with Crippen LogP contribution in [0.25, 0.3) is 0 Å². The molecule has 1 aliphatic rings. The first-order valence-corrected chi connectivity index (χ1v) is 8.34. The number of aromatic amines is 1. The molecule has 1 fully saturated rings. The van der Waals surface area contributed by atoms with Crippen molar-refractivity contribution in [2.45, 2.75) is 32.1 Å². The first kappa shape index (κ1) is 15.9. The number of hydrogen-bond acceptors (Lipinski definition) is 3. The summed E-state index contributed by atoms with van der Waals surface area (Å²) >= 11 is 3.24. The van der Waals surface area contributed by atoms with Crippen LogP contribution in [0, 0.1) is 5.92 Å². The van der Waals surface area contributed by atoms with E-state index in [1.807, 2.05) is 12.1 Å². The van der Waals surface area contributed by atoms with E-state index in [1.54, 1.807) is 12.3 Å². The molecule has 2 aromatic heterocycles. The van der Waals surface area contributed by atoms with Gasteiger partial charge >= 0.3 is 0 Å². The number of hydrogen-bond donors (Lipinski definition) is 3. The molecule has 0 saturated heterocycles. The maximum absolute atomic E-state index is 11.8. The summed E-state index contributed by atoms with van der Waals surface area (Å²) in [7, 11) is 0. The molecule has 0 unspecified atom stereocenters. The lowest BCUT2D eigenvalue weighted by Crippen LogP contribution is -2.41. The highest BCUT2D eigenvalue weighted by Crippen LogP contribution is 2.47. The van der Waals surface area contributed by atoms with Crippen LogP contribution in [0.5, 0.6) is 0 Å². The molecule has 7 heteroatoms. The van der Waals surface area contributed by atoms with E-state index in [4.69, 9.17) is 4.42 Å². The Morgan fingerprint density at radius 3 is 2.83 bits per heavy atom. The predicted molar refractivity (Wildman–Crippen MR) is 87.7 cm³/mol. The second kappa shape index (κ2) is 6.62. The van der Waals surface area contributed by atoms with Crippen LogP contribution >= 0.6 is 15.9 Å². The Labute approximate surface area is 142 Å². The largest absolute Gasteiger partial charge is 0.466 e. The van der Waals surface area contributed by atoms with Crippen LogP contribution in [-0.4, -0.2) is 16.8 Å². The quantitative estimate of drug-likeness (QED) is 0.697. The van der Waals surface area contributed by atoms with Crippen molar-refractivity contribution >= 4 is 27.7 Å². The van der Waals surface area contributed by atoms with Crippen molar-refractivity contribution < 1.29 is 14.0 Å². The maximum Gasteiger partial charge on any atom is 0.286 e. The molecule has 0 bridgehead atoms. The maximum atomic E-state index is 11.8. The van der Waals surface area contributed by atoms with Crippen molar-refractivity contribution in [2.24, 2.45) is 5.92 Å². The third-order valence-corrected chi connectivity index (χ3v) is 4.42. The van der Waals surface area contributed by atoms with Gasteiger partial charge in [-0.3, -0.25) is 20.4 Å². The van der Waals surface area contributed by atoms with Gasteiger partial charge in [0, 0.05) is 29.4 Å². The Balaban J connectivity index is 1.41. The van der Waals surface area contributed by atoms with Gasteiger partial charge in [0.2, 0.25) is 5.91 Å². The fourth-order valence-corrected chi connectivity index (χ4v) is 2.78. The summed E-state index contributed by atoms with van der Waals surface area (Å²) in [6.45, 7) is 2.20. The molecule has 3 rings (SSSR count). The minimum absolute atomic E-state index is 0.252. The van der Waals surface area contributed by atoms with Gasteiger partial charge in [-0.15, -0.1) is 0 Å². The van der Waals surface area contributed by atoms with Crippen molar-refractivity contribution in [3.05, 3.63) is 46.1 Å². The summed E-state index contributed by atoms with van der Waals surface area (Å²) in [6.07, 6.45) is 3.58. The Kier molecular flexibility index (Phi) is 4.56. The average molecular weight is 380 g/mol. The van der Waals surface area contributed by atoms with Crippen LogP contribution < -0.4 is 10.9 Å². The van der Waals surface area contributed by atoms with Crippen LogP contribution in [0.2, 0.25) is 0 Å². The molecule has 3 N–H and O–H groups in total. The van der Waals surface area contributed by atoms with Gasteiger partial charge in [0.1, 0.15) is 17.2 Å². The third kappa shape index (κ3) is 4.04. The highest BCUT2D eigenvalue weighted by Gasteiger charge is 2.36. The third-order valence-electron chi connectivity index (χ3n) is 3.96. The number of nitrogens with one attached hydrogen (secondary N) is 3. The lowest BCUT2D eigenvalue weighted by molar-refractivity contribution is -0.121. The van der Waals surface area contributed by atoms with Gasteiger partial charge in [-0.1, -0.05) is 6.92 Å². The van der Waals surface area contributed by atoms with Crippen molar-refractivity contribution in [2.75, 3.05) is 0 Å². The van der Waals surface area contributed by atoms with Gasteiger partial charge in [0.15, 0.2) is 0 Å². The number of aromatic nitrogens is 1. The number of carbonyl (C=O) groups excluding carboxylic acids is 2. The fraction of sp³-hybridized carbons (Fsp3) is 0.375. The Hall–Kier alpha value is -2.02. The average Bonchev–Trinajstić information content (AvgIpc) is 2.94. The van der Waals surface area contributed by atoms with Gasteiger partial charge < -0.3 is 9.40 Å². The molecule has 2 amide bonds. The van der Waals surface area contributed by atoms with Crippen LogP contribution in [0.1, 0.15) is 47.7 Å². The van der Waals surface area contributed by atoms with Gasteiger partial charge in [0.05, 0.1) is 0 Å². The highest BCUT2D eigenvalue weighted by atomic mass is 79.9. The van der Waals surface area contributed by atoms with Crippen molar-refractivity contribution in [3.63, 3.8) is 0 Å². The highest BCUT2D eigenvalue weighted by molar-refractivity contribution is 9.10. The van der Waals surface area contributed by atoms with E-state index in [0.29, 0.717) is 24.0 Å². The number of hydrazine groups is 1. The summed E-state index contributed by atoms with van der Waals surface area (Å²) in [5.41, 5.74) is 5.13. The topological polar surface area (TPSA) is 87.1 Å². The van der Waals surface area contributed by atoms with E-state index in [0.717, 1.165) is 16.0 Å². The molecule has 1 aliphatic carbocycles. The minimum atomic E-state index is -0.396. The molecule has 2 atom stereocenters. The minimum Gasteiger partial charge on any atom is -0.466 e. The molecule has 6 nitrogen and oxygen atoms in total.